The average molecular weight is 638 g/mol. The number of nitrogens with two attached hydrogens (primary N) is 1. The number of carbonyl (C=O) groups is 3. The Hall–Kier alpha value is -4.58. The maximum absolute atomic E-state index is 14.7. The average Bonchev–Trinajstić information content (AvgIpc) is 3.48. The molecule has 0 aromatic heterocycles. The molecule has 0 unspecified atom stereocenters. The van der Waals surface area contributed by atoms with Crippen molar-refractivity contribution in [2.45, 2.75) is 49.4 Å². The van der Waals surface area contributed by atoms with Gasteiger partial charge in [-0.15, -0.1) is 0 Å². The smallest absolute Gasteiger partial charge is 0.311 e. The first-order chi connectivity index (χ1) is 21.4. The molecule has 1 aliphatic rings. The van der Waals surface area contributed by atoms with Crippen molar-refractivity contribution in [2.24, 2.45) is 11.7 Å². The summed E-state index contributed by atoms with van der Waals surface area (Å²) in [5, 5.41) is 2.50. The second kappa shape index (κ2) is 14.0. The molecule has 0 radical (unpaired) electrons. The van der Waals surface area contributed by atoms with Crippen molar-refractivity contribution in [3.05, 3.63) is 83.4 Å². The second-order valence-electron chi connectivity index (χ2n) is 10.9. The van der Waals surface area contributed by atoms with Crippen molar-refractivity contribution in [3.8, 4) is 11.5 Å². The Labute approximate surface area is 263 Å². The van der Waals surface area contributed by atoms with E-state index in [1.165, 1.54) is 31.3 Å². The predicted octanol–water partition coefficient (Wildman–Crippen LogP) is 4.29. The van der Waals surface area contributed by atoms with Crippen LogP contribution in [-0.2, 0) is 24.2 Å². The number of methoxy groups -OCH3 is 2. The largest absolute Gasteiger partial charge is 0.493 e. The highest BCUT2D eigenvalue weighted by Gasteiger charge is 2.46. The maximum Gasteiger partial charge on any atom is 0.311 e. The van der Waals surface area contributed by atoms with Crippen molar-refractivity contribution in [1.82, 2.24) is 4.90 Å². The third-order valence-corrected chi connectivity index (χ3v) is 10.1. The minimum absolute atomic E-state index is 0.0591. The number of anilines is 1. The lowest BCUT2D eigenvalue weighted by Gasteiger charge is -2.33. The highest BCUT2D eigenvalue weighted by molar-refractivity contribution is 7.92. The van der Waals surface area contributed by atoms with Gasteiger partial charge in [0.15, 0.2) is 21.3 Å². The summed E-state index contributed by atoms with van der Waals surface area (Å²) >= 11 is 0. The summed E-state index contributed by atoms with van der Waals surface area (Å²) in [7, 11) is -0.804. The molecular formula is C33H39N3O8S. The van der Waals surface area contributed by atoms with E-state index in [1.807, 2.05) is 0 Å². The van der Waals surface area contributed by atoms with Gasteiger partial charge >= 0.3 is 5.97 Å². The zero-order chi connectivity index (χ0) is 32.9. The summed E-state index contributed by atoms with van der Waals surface area (Å²) in [5.74, 6) is -1.54. The fraction of sp³-hybridized carbons (Fsp3) is 0.364. The van der Waals surface area contributed by atoms with Gasteiger partial charge in [-0.2, -0.15) is 0 Å². The van der Waals surface area contributed by atoms with Crippen LogP contribution in [0.2, 0.25) is 0 Å². The molecule has 240 valence electrons. The molecule has 3 atom stereocenters. The third kappa shape index (κ3) is 6.90. The van der Waals surface area contributed by atoms with Crippen LogP contribution in [0.15, 0.2) is 71.6 Å². The number of amides is 2. The SMILES string of the molecule is CCOC(=O)[C@H]1CCN(C(=O)[C@@H](Nc2cccc(C(N)=O)c2)c2ccc(OC)c(OC)c2)[C@H]1c1ccccc1S(=O)(=O)C(C)C. The van der Waals surface area contributed by atoms with Crippen molar-refractivity contribution in [3.63, 3.8) is 0 Å². The number of ether oxygens (including phenoxy) is 3. The molecule has 0 bridgehead atoms. The van der Waals surface area contributed by atoms with E-state index >= 15 is 0 Å². The molecule has 2 amide bonds. The van der Waals surface area contributed by atoms with Gasteiger partial charge in [0.2, 0.25) is 11.8 Å². The molecule has 0 aliphatic carbocycles. The zero-order valence-corrected chi connectivity index (χ0v) is 26.8. The monoisotopic (exact) mass is 637 g/mol. The Balaban J connectivity index is 1.88. The number of primary amides is 1. The van der Waals surface area contributed by atoms with Crippen LogP contribution in [-0.4, -0.2) is 63.7 Å². The highest BCUT2D eigenvalue weighted by atomic mass is 32.2. The molecular weight excluding hydrogens is 598 g/mol. The van der Waals surface area contributed by atoms with E-state index in [1.54, 1.807) is 75.4 Å². The molecule has 3 aromatic rings. The molecule has 0 spiro atoms. The number of sulfone groups is 1. The van der Waals surface area contributed by atoms with Gasteiger partial charge in [0.05, 0.1) is 42.9 Å². The second-order valence-corrected chi connectivity index (χ2v) is 13.4. The lowest BCUT2D eigenvalue weighted by Crippen LogP contribution is -2.40. The van der Waals surface area contributed by atoms with Crippen LogP contribution in [0.25, 0.3) is 0 Å². The van der Waals surface area contributed by atoms with Gasteiger partial charge in [0.25, 0.3) is 0 Å². The predicted molar refractivity (Wildman–Crippen MR) is 169 cm³/mol. The Morgan fingerprint density at radius 1 is 0.978 bits per heavy atom. The molecule has 12 heteroatoms. The van der Waals surface area contributed by atoms with Gasteiger partial charge in [-0.25, -0.2) is 8.42 Å². The number of benzene rings is 3. The van der Waals surface area contributed by atoms with Gasteiger partial charge < -0.3 is 30.2 Å². The summed E-state index contributed by atoms with van der Waals surface area (Å²) in [4.78, 5) is 41.5. The summed E-state index contributed by atoms with van der Waals surface area (Å²) in [6.45, 7) is 5.16. The first-order valence-electron chi connectivity index (χ1n) is 14.6. The Kier molecular flexibility index (Phi) is 10.4. The summed E-state index contributed by atoms with van der Waals surface area (Å²) < 4.78 is 43.3. The van der Waals surface area contributed by atoms with Crippen LogP contribution in [0.3, 0.4) is 0 Å². The molecule has 1 heterocycles. The van der Waals surface area contributed by atoms with Crippen LogP contribution >= 0.6 is 0 Å². The molecule has 45 heavy (non-hydrogen) atoms. The number of likely N-dealkylation sites (tertiary alicyclic amines) is 1. The zero-order valence-electron chi connectivity index (χ0n) is 26.0. The molecule has 1 fully saturated rings. The van der Waals surface area contributed by atoms with E-state index in [9.17, 15) is 22.8 Å². The number of esters is 1. The molecule has 3 N–H and O–H groups in total. The summed E-state index contributed by atoms with van der Waals surface area (Å²) in [5.41, 5.74) is 7.05. The van der Waals surface area contributed by atoms with E-state index in [4.69, 9.17) is 19.9 Å². The van der Waals surface area contributed by atoms with Gasteiger partial charge in [-0.05, 0) is 74.7 Å². The Morgan fingerprint density at radius 3 is 2.33 bits per heavy atom. The van der Waals surface area contributed by atoms with Gasteiger partial charge in [-0.1, -0.05) is 30.3 Å². The normalized spacial score (nSPS) is 17.1. The van der Waals surface area contributed by atoms with Gasteiger partial charge in [-0.3, -0.25) is 14.4 Å². The quantitative estimate of drug-likeness (QED) is 0.277. The number of rotatable bonds is 12. The minimum atomic E-state index is -3.79. The third-order valence-electron chi connectivity index (χ3n) is 7.88. The summed E-state index contributed by atoms with van der Waals surface area (Å²) in [6.07, 6.45) is 0.265. The van der Waals surface area contributed by atoms with E-state index in [-0.39, 0.29) is 30.0 Å². The number of nitrogens with zero attached hydrogens (tertiary/aromatic N) is 1. The van der Waals surface area contributed by atoms with Crippen LogP contribution < -0.4 is 20.5 Å². The van der Waals surface area contributed by atoms with E-state index in [0.717, 1.165) is 0 Å². The topological polar surface area (TPSA) is 154 Å². The van der Waals surface area contributed by atoms with Crippen molar-refractivity contribution >= 4 is 33.3 Å². The molecule has 3 aromatic carbocycles. The number of nitrogens with one attached hydrogen (secondary N) is 1. The Bertz CT molecular complexity index is 1670. The van der Waals surface area contributed by atoms with Crippen molar-refractivity contribution < 1.29 is 37.0 Å². The van der Waals surface area contributed by atoms with Crippen LogP contribution in [0, 0.1) is 5.92 Å². The number of carbonyl (C=O) groups excluding carboxylic acids is 3. The summed E-state index contributed by atoms with van der Waals surface area (Å²) in [6, 6.07) is 16.0. The van der Waals surface area contributed by atoms with Crippen molar-refractivity contribution in [2.75, 3.05) is 32.7 Å². The standard InChI is InChI=1S/C33H39N3O8S/c1-6-44-33(39)25-16-17-36(30(25)24-12-7-8-13-28(24)45(40,41)20(2)3)32(38)29(21-14-15-26(42-4)27(19-21)43-5)35-23-11-9-10-22(18-23)31(34)37/h7-15,18-20,25,29-30,35H,6,16-17H2,1-5H3,(H2,34,37)/t25-,29-,30-/m0/s1. The highest BCUT2D eigenvalue weighted by Crippen LogP contribution is 2.43. The van der Waals surface area contributed by atoms with E-state index < -0.39 is 50.9 Å². The minimum Gasteiger partial charge on any atom is -0.493 e. The van der Waals surface area contributed by atoms with Gasteiger partial charge in [0, 0.05) is 17.8 Å². The molecule has 0 saturated carbocycles. The lowest BCUT2D eigenvalue weighted by molar-refractivity contribution is -0.149. The fourth-order valence-electron chi connectivity index (χ4n) is 5.57. The molecule has 1 saturated heterocycles. The van der Waals surface area contributed by atoms with Crippen LogP contribution in [0.4, 0.5) is 5.69 Å². The fourth-order valence-corrected chi connectivity index (χ4v) is 6.87. The van der Waals surface area contributed by atoms with Crippen LogP contribution in [0.1, 0.15) is 60.8 Å². The van der Waals surface area contributed by atoms with E-state index in [0.29, 0.717) is 28.3 Å². The Morgan fingerprint density at radius 2 is 1.69 bits per heavy atom. The number of hydrogen-bond donors (Lipinski definition) is 2. The maximum atomic E-state index is 14.7. The van der Waals surface area contributed by atoms with E-state index in [2.05, 4.69) is 5.32 Å². The van der Waals surface area contributed by atoms with Crippen LogP contribution in [0.5, 0.6) is 11.5 Å². The molecule has 1 aliphatic heterocycles. The first kappa shape index (κ1) is 33.3. The molecule has 11 nitrogen and oxygen atoms in total. The van der Waals surface area contributed by atoms with Gasteiger partial charge in [0.1, 0.15) is 6.04 Å². The molecule has 4 rings (SSSR count). The number of hydrogen-bond acceptors (Lipinski definition) is 9. The first-order valence-corrected chi connectivity index (χ1v) is 16.2. The lowest BCUT2D eigenvalue weighted by atomic mass is 9.93. The van der Waals surface area contributed by atoms with Crippen molar-refractivity contribution in [1.29, 1.82) is 0 Å².